The first-order valence-electron chi connectivity index (χ1n) is 5.39. The molecule has 0 spiro atoms. The molecule has 0 saturated heterocycles. The van der Waals surface area contributed by atoms with Gasteiger partial charge in [-0.3, -0.25) is 4.79 Å². The standard InChI is InChI=1S/C14H8Br2ClFO/c15-10-5-9(6-11(17)7-10)14(19)4-8-1-2-13(18)12(16)3-8/h1-3,5-7H,4H2. The third kappa shape index (κ3) is 3.88. The summed E-state index contributed by atoms with van der Waals surface area (Å²) in [5, 5.41) is 0.498. The van der Waals surface area contributed by atoms with Crippen LogP contribution in [0.25, 0.3) is 0 Å². The van der Waals surface area contributed by atoms with Crippen LogP contribution < -0.4 is 0 Å². The van der Waals surface area contributed by atoms with Gasteiger partial charge in [-0.2, -0.15) is 0 Å². The van der Waals surface area contributed by atoms with Crippen molar-refractivity contribution in [2.45, 2.75) is 6.42 Å². The molecule has 0 aliphatic heterocycles. The first kappa shape index (κ1) is 14.7. The molecule has 98 valence electrons. The van der Waals surface area contributed by atoms with Crippen LogP contribution >= 0.6 is 43.5 Å². The molecule has 0 bridgehead atoms. The Hall–Kier alpha value is -0.710. The summed E-state index contributed by atoms with van der Waals surface area (Å²) in [6.45, 7) is 0. The van der Waals surface area contributed by atoms with Gasteiger partial charge in [0.1, 0.15) is 5.82 Å². The molecule has 2 aromatic carbocycles. The molecule has 2 aromatic rings. The van der Waals surface area contributed by atoms with Crippen molar-refractivity contribution in [1.29, 1.82) is 0 Å². The highest BCUT2D eigenvalue weighted by molar-refractivity contribution is 9.10. The van der Waals surface area contributed by atoms with Gasteiger partial charge in [0.2, 0.25) is 0 Å². The first-order chi connectivity index (χ1) is 8.95. The third-order valence-electron chi connectivity index (χ3n) is 2.53. The van der Waals surface area contributed by atoms with Crippen LogP contribution in [-0.2, 0) is 6.42 Å². The summed E-state index contributed by atoms with van der Waals surface area (Å²) in [7, 11) is 0. The van der Waals surface area contributed by atoms with Crippen LogP contribution in [0, 0.1) is 5.82 Å². The fourth-order valence-electron chi connectivity index (χ4n) is 1.65. The molecule has 2 rings (SSSR count). The van der Waals surface area contributed by atoms with E-state index in [-0.39, 0.29) is 18.0 Å². The van der Waals surface area contributed by atoms with Gasteiger partial charge in [-0.25, -0.2) is 4.39 Å². The molecule has 0 aromatic heterocycles. The molecule has 0 amide bonds. The Kier molecular flexibility index (Phi) is 4.76. The minimum Gasteiger partial charge on any atom is -0.294 e. The molecule has 0 aliphatic carbocycles. The van der Waals surface area contributed by atoms with Crippen molar-refractivity contribution in [2.75, 3.05) is 0 Å². The maximum atomic E-state index is 13.1. The molecule has 0 radical (unpaired) electrons. The number of carbonyl (C=O) groups is 1. The van der Waals surface area contributed by atoms with Gasteiger partial charge in [-0.1, -0.05) is 33.6 Å². The van der Waals surface area contributed by atoms with Gasteiger partial charge in [-0.15, -0.1) is 0 Å². The monoisotopic (exact) mass is 404 g/mol. The third-order valence-corrected chi connectivity index (χ3v) is 3.82. The normalized spacial score (nSPS) is 10.5. The zero-order valence-corrected chi connectivity index (χ0v) is 13.5. The fraction of sp³-hybridized carbons (Fsp3) is 0.0714. The van der Waals surface area contributed by atoms with E-state index in [1.165, 1.54) is 6.07 Å². The molecular formula is C14H8Br2ClFO. The maximum absolute atomic E-state index is 13.1. The van der Waals surface area contributed by atoms with Gasteiger partial charge in [0.15, 0.2) is 5.78 Å². The van der Waals surface area contributed by atoms with E-state index in [4.69, 9.17) is 11.6 Å². The van der Waals surface area contributed by atoms with Crippen LogP contribution in [-0.4, -0.2) is 5.78 Å². The Morgan fingerprint density at radius 1 is 1.16 bits per heavy atom. The van der Waals surface area contributed by atoms with E-state index in [1.807, 2.05) is 0 Å². The zero-order valence-electron chi connectivity index (χ0n) is 9.59. The number of hydrogen-bond donors (Lipinski definition) is 0. The van der Waals surface area contributed by atoms with Gasteiger partial charge < -0.3 is 0 Å². The van der Waals surface area contributed by atoms with Crippen LogP contribution in [0.1, 0.15) is 15.9 Å². The molecule has 0 atom stereocenters. The minimum atomic E-state index is -0.346. The van der Waals surface area contributed by atoms with Gasteiger partial charge in [0.25, 0.3) is 0 Å². The number of rotatable bonds is 3. The predicted octanol–water partition coefficient (Wildman–Crippen LogP) is 5.43. The SMILES string of the molecule is O=C(Cc1ccc(F)c(Br)c1)c1cc(Cl)cc(Br)c1. The lowest BCUT2D eigenvalue weighted by molar-refractivity contribution is 0.0993. The Bertz CT molecular complexity index is 623. The van der Waals surface area contributed by atoms with Crippen LogP contribution in [0.5, 0.6) is 0 Å². The molecule has 1 nitrogen and oxygen atoms in total. The molecule has 0 unspecified atom stereocenters. The molecule has 0 saturated carbocycles. The van der Waals surface area contributed by atoms with Crippen molar-refractivity contribution in [3.05, 3.63) is 67.3 Å². The van der Waals surface area contributed by atoms with E-state index >= 15 is 0 Å². The zero-order chi connectivity index (χ0) is 14.0. The summed E-state index contributed by atoms with van der Waals surface area (Å²) >= 11 is 12.3. The van der Waals surface area contributed by atoms with Crippen LogP contribution in [0.4, 0.5) is 4.39 Å². The highest BCUT2D eigenvalue weighted by Crippen LogP contribution is 2.22. The van der Waals surface area contributed by atoms with Gasteiger partial charge in [0, 0.05) is 21.5 Å². The smallest absolute Gasteiger partial charge is 0.167 e. The van der Waals surface area contributed by atoms with E-state index < -0.39 is 0 Å². The Labute approximate surface area is 132 Å². The number of hydrogen-bond acceptors (Lipinski definition) is 1. The van der Waals surface area contributed by atoms with E-state index in [9.17, 15) is 9.18 Å². The molecule has 19 heavy (non-hydrogen) atoms. The summed E-state index contributed by atoms with van der Waals surface area (Å²) in [6, 6.07) is 9.58. The highest BCUT2D eigenvalue weighted by Gasteiger charge is 2.10. The molecule has 0 N–H and O–H groups in total. The van der Waals surface area contributed by atoms with Crippen molar-refractivity contribution in [2.24, 2.45) is 0 Å². The van der Waals surface area contributed by atoms with Crippen molar-refractivity contribution in [3.63, 3.8) is 0 Å². The number of carbonyl (C=O) groups excluding carboxylic acids is 1. The van der Waals surface area contributed by atoms with E-state index in [0.29, 0.717) is 15.1 Å². The second-order valence-corrected chi connectivity index (χ2v) is 6.21. The van der Waals surface area contributed by atoms with Crippen molar-refractivity contribution in [3.8, 4) is 0 Å². The molecule has 5 heteroatoms. The fourth-order valence-corrected chi connectivity index (χ4v) is 2.94. The van der Waals surface area contributed by atoms with Crippen LogP contribution in [0.2, 0.25) is 5.02 Å². The largest absolute Gasteiger partial charge is 0.294 e. The second kappa shape index (κ2) is 6.16. The van der Waals surface area contributed by atoms with Crippen LogP contribution in [0.3, 0.4) is 0 Å². The summed E-state index contributed by atoms with van der Waals surface area (Å²) in [6.07, 6.45) is 0.200. The average molecular weight is 406 g/mol. The lowest BCUT2D eigenvalue weighted by Crippen LogP contribution is -2.04. The van der Waals surface area contributed by atoms with E-state index in [2.05, 4.69) is 31.9 Å². The molecule has 0 aliphatic rings. The number of Topliss-reactive ketones (excluding diaryl/α,β-unsaturated/α-hetero) is 1. The lowest BCUT2D eigenvalue weighted by Gasteiger charge is -2.04. The maximum Gasteiger partial charge on any atom is 0.167 e. The van der Waals surface area contributed by atoms with Gasteiger partial charge >= 0.3 is 0 Å². The van der Waals surface area contributed by atoms with Gasteiger partial charge in [0.05, 0.1) is 4.47 Å². The van der Waals surface area contributed by atoms with Crippen molar-refractivity contribution >= 4 is 49.2 Å². The highest BCUT2D eigenvalue weighted by atomic mass is 79.9. The van der Waals surface area contributed by atoms with Crippen LogP contribution in [0.15, 0.2) is 45.3 Å². The number of halogens is 4. The number of ketones is 1. The molecular weight excluding hydrogens is 398 g/mol. The second-order valence-electron chi connectivity index (χ2n) is 4.01. The minimum absolute atomic E-state index is 0.0679. The van der Waals surface area contributed by atoms with E-state index in [1.54, 1.807) is 30.3 Å². The Morgan fingerprint density at radius 2 is 1.89 bits per heavy atom. The van der Waals surface area contributed by atoms with Gasteiger partial charge in [-0.05, 0) is 51.8 Å². The topological polar surface area (TPSA) is 17.1 Å². The van der Waals surface area contributed by atoms with E-state index in [0.717, 1.165) is 10.0 Å². The van der Waals surface area contributed by atoms with Crippen molar-refractivity contribution in [1.82, 2.24) is 0 Å². The Balaban J connectivity index is 2.22. The summed E-state index contributed by atoms with van der Waals surface area (Å²) in [5.41, 5.74) is 1.27. The Morgan fingerprint density at radius 3 is 2.53 bits per heavy atom. The van der Waals surface area contributed by atoms with Crippen molar-refractivity contribution < 1.29 is 9.18 Å². The summed E-state index contributed by atoms with van der Waals surface area (Å²) in [5.74, 6) is -0.414. The number of benzene rings is 2. The first-order valence-corrected chi connectivity index (χ1v) is 7.35. The average Bonchev–Trinajstić information content (AvgIpc) is 2.32. The predicted molar refractivity (Wildman–Crippen MR) is 81.3 cm³/mol. The lowest BCUT2D eigenvalue weighted by atomic mass is 10.0. The summed E-state index contributed by atoms with van der Waals surface area (Å²) in [4.78, 5) is 12.1. The summed E-state index contributed by atoms with van der Waals surface area (Å²) < 4.78 is 14.2. The molecule has 0 heterocycles. The quantitative estimate of drug-likeness (QED) is 0.621. The molecule has 0 fully saturated rings.